The molecule has 1 fully saturated rings. The summed E-state index contributed by atoms with van der Waals surface area (Å²) >= 11 is 0. The van der Waals surface area contributed by atoms with Crippen molar-refractivity contribution in [3.05, 3.63) is 108 Å². The second-order valence-electron chi connectivity index (χ2n) is 13.4. The molecular formula is C38H40N2O6. The minimum absolute atomic E-state index is 0.0936. The summed E-state index contributed by atoms with van der Waals surface area (Å²) in [5.74, 6) is -1.25. The summed E-state index contributed by atoms with van der Waals surface area (Å²) in [7, 11) is 0. The van der Waals surface area contributed by atoms with Crippen molar-refractivity contribution in [2.75, 3.05) is 6.61 Å². The van der Waals surface area contributed by atoms with E-state index in [4.69, 9.17) is 9.47 Å². The number of nitrogens with one attached hydrogen (secondary N) is 1. The van der Waals surface area contributed by atoms with E-state index in [1.54, 1.807) is 4.90 Å². The summed E-state index contributed by atoms with van der Waals surface area (Å²) < 4.78 is 11.5. The van der Waals surface area contributed by atoms with Crippen molar-refractivity contribution in [3.63, 3.8) is 0 Å². The molecule has 2 N–H and O–H groups in total. The number of nitrogens with zero attached hydrogens (tertiary/aromatic N) is 1. The van der Waals surface area contributed by atoms with Crippen LogP contribution in [0.3, 0.4) is 0 Å². The van der Waals surface area contributed by atoms with Crippen molar-refractivity contribution in [1.82, 2.24) is 10.2 Å². The molecule has 0 spiro atoms. The van der Waals surface area contributed by atoms with E-state index in [1.165, 1.54) is 0 Å². The van der Waals surface area contributed by atoms with Crippen LogP contribution in [0.2, 0.25) is 0 Å². The summed E-state index contributed by atoms with van der Waals surface area (Å²) in [4.78, 5) is 41.0. The largest absolute Gasteiger partial charge is 0.480 e. The number of carbonyl (C=O) groups is 3. The quantitative estimate of drug-likeness (QED) is 0.218. The number of rotatable bonds is 7. The van der Waals surface area contributed by atoms with Gasteiger partial charge >= 0.3 is 18.2 Å². The van der Waals surface area contributed by atoms with Gasteiger partial charge in [-0.2, -0.15) is 0 Å². The zero-order valence-electron chi connectivity index (χ0n) is 26.5. The number of hydrogen-bond donors (Lipinski definition) is 2. The molecule has 238 valence electrons. The van der Waals surface area contributed by atoms with Crippen molar-refractivity contribution in [2.45, 2.75) is 76.1 Å². The second kappa shape index (κ2) is 12.5. The third-order valence-electron chi connectivity index (χ3n) is 9.14. The summed E-state index contributed by atoms with van der Waals surface area (Å²) in [5.41, 5.74) is 3.16. The Hall–Kier alpha value is -4.85. The van der Waals surface area contributed by atoms with E-state index in [0.717, 1.165) is 38.6 Å². The van der Waals surface area contributed by atoms with Crippen LogP contribution in [-0.2, 0) is 20.8 Å². The summed E-state index contributed by atoms with van der Waals surface area (Å²) in [5, 5.41) is 15.2. The molecule has 0 heterocycles. The molecule has 1 saturated carbocycles. The zero-order valence-corrected chi connectivity index (χ0v) is 26.5. The fourth-order valence-electron chi connectivity index (χ4n) is 6.83. The Labute approximate surface area is 269 Å². The Morgan fingerprint density at radius 1 is 0.848 bits per heavy atom. The number of ether oxygens (including phenoxy) is 2. The standard InChI is InChI=1S/C38H40N2O6/c1-37(2,3)46-36(44)40(23-25-16-17-26-10-4-5-11-27(26)22-25)28-18-20-38(21-19-28,34(41)42)39-35(43)45-24-33-31-14-8-6-12-29(31)30-13-7-9-15-32(30)33/h4-17,22,28,33H,18-21,23-24H2,1-3H3,(H,39,43)(H,41,42). The predicted molar refractivity (Wildman–Crippen MR) is 177 cm³/mol. The van der Waals surface area contributed by atoms with E-state index in [9.17, 15) is 19.5 Å². The van der Waals surface area contributed by atoms with E-state index in [-0.39, 0.29) is 31.4 Å². The third kappa shape index (κ3) is 6.43. The monoisotopic (exact) mass is 620 g/mol. The molecule has 0 saturated heterocycles. The number of hydrogen-bond acceptors (Lipinski definition) is 5. The number of aliphatic carboxylic acids is 1. The average molecular weight is 621 g/mol. The van der Waals surface area contributed by atoms with Crippen LogP contribution in [0.15, 0.2) is 91.0 Å². The molecule has 2 aliphatic rings. The van der Waals surface area contributed by atoms with Gasteiger partial charge in [0, 0.05) is 18.5 Å². The highest BCUT2D eigenvalue weighted by atomic mass is 16.6. The van der Waals surface area contributed by atoms with E-state index < -0.39 is 29.3 Å². The Morgan fingerprint density at radius 3 is 2.04 bits per heavy atom. The summed E-state index contributed by atoms with van der Waals surface area (Å²) in [6, 6.07) is 30.0. The fraction of sp³-hybridized carbons (Fsp3) is 0.342. The molecular weight excluding hydrogens is 580 g/mol. The van der Waals surface area contributed by atoms with Gasteiger partial charge in [-0.25, -0.2) is 14.4 Å². The van der Waals surface area contributed by atoms with Gasteiger partial charge in [-0.05, 0) is 91.1 Å². The normalized spacial score (nSPS) is 19.2. The van der Waals surface area contributed by atoms with Crippen LogP contribution in [0, 0.1) is 0 Å². The Kier molecular flexibility index (Phi) is 8.47. The summed E-state index contributed by atoms with van der Waals surface area (Å²) in [6.45, 7) is 5.90. The maximum atomic E-state index is 13.5. The second-order valence-corrected chi connectivity index (χ2v) is 13.4. The molecule has 8 heteroatoms. The maximum absolute atomic E-state index is 13.5. The summed E-state index contributed by atoms with van der Waals surface area (Å²) in [6.07, 6.45) is -0.158. The Balaban J connectivity index is 1.14. The first-order valence-electron chi connectivity index (χ1n) is 15.9. The average Bonchev–Trinajstić information content (AvgIpc) is 3.35. The molecule has 2 aliphatic carbocycles. The van der Waals surface area contributed by atoms with Crippen LogP contribution in [0.4, 0.5) is 9.59 Å². The highest BCUT2D eigenvalue weighted by Crippen LogP contribution is 2.44. The first kappa shape index (κ1) is 31.1. The van der Waals surface area contributed by atoms with Crippen LogP contribution in [-0.4, -0.2) is 52.0 Å². The van der Waals surface area contributed by atoms with Crippen LogP contribution in [0.25, 0.3) is 21.9 Å². The van der Waals surface area contributed by atoms with Crippen molar-refractivity contribution in [2.24, 2.45) is 0 Å². The van der Waals surface area contributed by atoms with Gasteiger partial charge in [0.25, 0.3) is 0 Å². The van der Waals surface area contributed by atoms with Gasteiger partial charge in [0.2, 0.25) is 0 Å². The molecule has 0 aliphatic heterocycles. The number of benzene rings is 4. The highest BCUT2D eigenvalue weighted by molar-refractivity contribution is 5.85. The topological polar surface area (TPSA) is 105 Å². The number of carbonyl (C=O) groups excluding carboxylic acids is 2. The lowest BCUT2D eigenvalue weighted by atomic mass is 9.79. The molecule has 2 amide bonds. The Bertz CT molecular complexity index is 1720. The van der Waals surface area contributed by atoms with Crippen LogP contribution >= 0.6 is 0 Å². The van der Waals surface area contributed by atoms with Crippen molar-refractivity contribution >= 4 is 28.9 Å². The smallest absolute Gasteiger partial charge is 0.410 e. The van der Waals surface area contributed by atoms with Crippen molar-refractivity contribution in [3.8, 4) is 11.1 Å². The van der Waals surface area contributed by atoms with Gasteiger partial charge in [-0.1, -0.05) is 84.9 Å². The van der Waals surface area contributed by atoms with E-state index in [1.807, 2.05) is 93.6 Å². The minimum Gasteiger partial charge on any atom is -0.480 e. The molecule has 0 unspecified atom stereocenters. The third-order valence-corrected chi connectivity index (χ3v) is 9.14. The van der Waals surface area contributed by atoms with Crippen molar-refractivity contribution in [1.29, 1.82) is 0 Å². The lowest BCUT2D eigenvalue weighted by Crippen LogP contribution is -2.58. The van der Waals surface area contributed by atoms with Crippen LogP contribution in [0.5, 0.6) is 0 Å². The van der Waals surface area contributed by atoms with Crippen molar-refractivity contribution < 1.29 is 29.0 Å². The van der Waals surface area contributed by atoms with Gasteiger partial charge in [0.15, 0.2) is 0 Å². The molecule has 4 aromatic carbocycles. The maximum Gasteiger partial charge on any atom is 0.410 e. The van der Waals surface area contributed by atoms with Gasteiger partial charge in [0.1, 0.15) is 17.7 Å². The number of alkyl carbamates (subject to hydrolysis) is 1. The number of fused-ring (bicyclic) bond motifs is 4. The predicted octanol–water partition coefficient (Wildman–Crippen LogP) is 7.88. The molecule has 8 nitrogen and oxygen atoms in total. The molecule has 4 aromatic rings. The highest BCUT2D eigenvalue weighted by Gasteiger charge is 2.46. The molecule has 0 aromatic heterocycles. The SMILES string of the molecule is CC(C)(C)OC(=O)N(Cc1ccc2ccccc2c1)C1CCC(NC(=O)OCC2c3ccccc3-c3ccccc32)(C(=O)O)CC1. The lowest BCUT2D eigenvalue weighted by molar-refractivity contribution is -0.146. The van der Waals surface area contributed by atoms with Gasteiger partial charge in [0.05, 0.1) is 0 Å². The van der Waals surface area contributed by atoms with E-state index in [2.05, 4.69) is 23.5 Å². The Morgan fingerprint density at radius 2 is 1.43 bits per heavy atom. The number of amides is 2. The molecule has 0 bridgehead atoms. The first-order valence-corrected chi connectivity index (χ1v) is 15.9. The van der Waals surface area contributed by atoms with Gasteiger partial charge in [-0.3, -0.25) is 0 Å². The molecule has 0 atom stereocenters. The molecule has 0 radical (unpaired) electrons. The fourth-order valence-corrected chi connectivity index (χ4v) is 6.83. The van der Waals surface area contributed by atoms with Gasteiger partial charge < -0.3 is 24.8 Å². The van der Waals surface area contributed by atoms with Crippen LogP contribution in [0.1, 0.15) is 69.1 Å². The zero-order chi connectivity index (χ0) is 32.5. The van der Waals surface area contributed by atoms with E-state index in [0.29, 0.717) is 19.4 Å². The molecule has 46 heavy (non-hydrogen) atoms. The lowest BCUT2D eigenvalue weighted by Gasteiger charge is -2.41. The van der Waals surface area contributed by atoms with Crippen LogP contribution < -0.4 is 5.32 Å². The number of carboxylic acid groups (broad SMARTS) is 1. The number of carboxylic acids is 1. The van der Waals surface area contributed by atoms with E-state index >= 15 is 0 Å². The molecule has 6 rings (SSSR count). The van der Waals surface area contributed by atoms with Gasteiger partial charge in [-0.15, -0.1) is 0 Å². The minimum atomic E-state index is -1.50. The first-order chi connectivity index (χ1) is 22.0.